The monoisotopic (exact) mass is 250 g/mol. The molecule has 0 radical (unpaired) electrons. The van der Waals surface area contributed by atoms with Gasteiger partial charge in [-0.15, -0.1) is 0 Å². The van der Waals surface area contributed by atoms with Crippen molar-refractivity contribution < 1.29 is 4.79 Å². The molecule has 1 aliphatic rings. The molecular weight excluding hydrogens is 228 g/mol. The van der Waals surface area contributed by atoms with Crippen LogP contribution in [0, 0.1) is 6.92 Å². The van der Waals surface area contributed by atoms with Crippen molar-refractivity contribution in [1.82, 2.24) is 19.8 Å². The third-order valence-electron chi connectivity index (χ3n) is 3.57. The molecule has 1 saturated heterocycles. The minimum absolute atomic E-state index is 0.0249. The van der Waals surface area contributed by atoms with Gasteiger partial charge < -0.3 is 14.8 Å². The van der Waals surface area contributed by atoms with Crippen molar-refractivity contribution in [2.45, 2.75) is 32.2 Å². The molecule has 2 heterocycles. The van der Waals surface area contributed by atoms with E-state index < -0.39 is 0 Å². The molecule has 5 nitrogen and oxygen atoms in total. The van der Waals surface area contributed by atoms with Crippen molar-refractivity contribution in [1.29, 1.82) is 0 Å². The molecule has 1 aromatic heterocycles. The van der Waals surface area contributed by atoms with Gasteiger partial charge in [0.25, 0.3) is 5.91 Å². The molecule has 1 fully saturated rings. The maximum atomic E-state index is 12.3. The summed E-state index contributed by atoms with van der Waals surface area (Å²) in [6.45, 7) is 3.54. The second-order valence-electron chi connectivity index (χ2n) is 5.28. The summed E-state index contributed by atoms with van der Waals surface area (Å²) in [5.74, 6) is 0.490. The average Bonchev–Trinajstić information content (AvgIpc) is 2.63. The van der Waals surface area contributed by atoms with Crippen molar-refractivity contribution in [2.75, 3.05) is 27.2 Å². The van der Waals surface area contributed by atoms with Crippen LogP contribution in [0.5, 0.6) is 0 Å². The lowest BCUT2D eigenvalue weighted by Crippen LogP contribution is -2.42. The van der Waals surface area contributed by atoms with Gasteiger partial charge in [0.2, 0.25) is 0 Å². The molecule has 0 bridgehead atoms. The van der Waals surface area contributed by atoms with Gasteiger partial charge in [-0.3, -0.25) is 4.79 Å². The fourth-order valence-electron chi connectivity index (χ4n) is 2.40. The maximum absolute atomic E-state index is 12.3. The van der Waals surface area contributed by atoms with Gasteiger partial charge in [0, 0.05) is 31.0 Å². The molecule has 1 atom stereocenters. The summed E-state index contributed by atoms with van der Waals surface area (Å²) in [6, 6.07) is 0.451. The van der Waals surface area contributed by atoms with Crippen LogP contribution in [0.15, 0.2) is 6.20 Å². The largest absolute Gasteiger partial charge is 0.338 e. The van der Waals surface area contributed by atoms with Crippen LogP contribution in [0.3, 0.4) is 0 Å². The molecule has 1 amide bonds. The van der Waals surface area contributed by atoms with Gasteiger partial charge in [-0.1, -0.05) is 6.42 Å². The molecule has 100 valence electrons. The Balaban J connectivity index is 2.08. The van der Waals surface area contributed by atoms with Crippen molar-refractivity contribution in [3.8, 4) is 0 Å². The number of aromatic nitrogens is 2. The van der Waals surface area contributed by atoms with Crippen molar-refractivity contribution >= 4 is 5.91 Å². The summed E-state index contributed by atoms with van der Waals surface area (Å²) in [7, 11) is 4.16. The second-order valence-corrected chi connectivity index (χ2v) is 5.28. The second kappa shape index (κ2) is 5.52. The Labute approximate surface area is 108 Å². The zero-order valence-corrected chi connectivity index (χ0v) is 11.4. The van der Waals surface area contributed by atoms with Crippen molar-refractivity contribution in [2.24, 2.45) is 0 Å². The fraction of sp³-hybridized carbons (Fsp3) is 0.692. The van der Waals surface area contributed by atoms with E-state index in [2.05, 4.69) is 29.0 Å². The Morgan fingerprint density at radius 1 is 1.50 bits per heavy atom. The normalized spacial score (nSPS) is 21.1. The van der Waals surface area contributed by atoms with Crippen LogP contribution in [0.25, 0.3) is 0 Å². The number of hydrogen-bond donors (Lipinski definition) is 1. The average molecular weight is 250 g/mol. The van der Waals surface area contributed by atoms with Crippen LogP contribution in [0.4, 0.5) is 0 Å². The number of carbonyl (C=O) groups is 1. The molecule has 0 unspecified atom stereocenters. The van der Waals surface area contributed by atoms with E-state index in [0.717, 1.165) is 31.6 Å². The summed E-state index contributed by atoms with van der Waals surface area (Å²) in [5.41, 5.74) is 0.928. The van der Waals surface area contributed by atoms with Gasteiger partial charge in [-0.25, -0.2) is 4.98 Å². The highest BCUT2D eigenvalue weighted by Gasteiger charge is 2.25. The number of likely N-dealkylation sites (tertiary alicyclic amines) is 1. The Bertz CT molecular complexity index is 413. The van der Waals surface area contributed by atoms with Crippen LogP contribution in [-0.4, -0.2) is 58.9 Å². The zero-order chi connectivity index (χ0) is 13.1. The smallest absolute Gasteiger partial charge is 0.289 e. The minimum atomic E-state index is 0.0249. The highest BCUT2D eigenvalue weighted by Crippen LogP contribution is 2.15. The number of aromatic amines is 1. The number of amides is 1. The number of aryl methyl sites for hydroxylation is 1. The lowest BCUT2D eigenvalue weighted by Gasteiger charge is -2.28. The molecule has 1 N–H and O–H groups in total. The van der Waals surface area contributed by atoms with E-state index in [1.165, 1.54) is 6.42 Å². The van der Waals surface area contributed by atoms with Crippen molar-refractivity contribution in [3.05, 3.63) is 17.7 Å². The van der Waals surface area contributed by atoms with E-state index in [9.17, 15) is 4.79 Å². The first-order valence-corrected chi connectivity index (χ1v) is 6.55. The predicted octanol–water partition coefficient (Wildman–Crippen LogP) is 1.27. The van der Waals surface area contributed by atoms with Gasteiger partial charge in [-0.05, 0) is 33.9 Å². The van der Waals surface area contributed by atoms with Crippen molar-refractivity contribution in [3.63, 3.8) is 0 Å². The summed E-state index contributed by atoms with van der Waals surface area (Å²) >= 11 is 0. The maximum Gasteiger partial charge on any atom is 0.289 e. The van der Waals surface area contributed by atoms with Gasteiger partial charge in [0.1, 0.15) is 0 Å². The standard InChI is InChI=1S/C13H22N4O/c1-10-8-14-12(15-10)13(18)17-7-5-4-6-11(9-17)16(2)3/h8,11H,4-7,9H2,1-3H3,(H,14,15)/t11-/m0/s1. The molecule has 1 aliphatic heterocycles. The predicted molar refractivity (Wildman–Crippen MR) is 70.6 cm³/mol. The lowest BCUT2D eigenvalue weighted by atomic mass is 10.1. The van der Waals surface area contributed by atoms with Crippen LogP contribution in [0.1, 0.15) is 35.6 Å². The quantitative estimate of drug-likeness (QED) is 0.860. The molecule has 0 spiro atoms. The topological polar surface area (TPSA) is 52.2 Å². The van der Waals surface area contributed by atoms with Gasteiger partial charge in [0.05, 0.1) is 0 Å². The first kappa shape index (κ1) is 13.1. The van der Waals surface area contributed by atoms with E-state index in [4.69, 9.17) is 0 Å². The van der Waals surface area contributed by atoms with Crippen LogP contribution in [-0.2, 0) is 0 Å². The third kappa shape index (κ3) is 2.90. The van der Waals surface area contributed by atoms with Gasteiger partial charge in [-0.2, -0.15) is 0 Å². The summed E-state index contributed by atoms with van der Waals surface area (Å²) < 4.78 is 0. The number of nitrogens with one attached hydrogen (secondary N) is 1. The Morgan fingerprint density at radius 2 is 2.28 bits per heavy atom. The summed E-state index contributed by atoms with van der Waals surface area (Å²) in [6.07, 6.45) is 5.13. The number of likely N-dealkylation sites (N-methyl/N-ethyl adjacent to an activating group) is 1. The number of nitrogens with zero attached hydrogens (tertiary/aromatic N) is 3. The SMILES string of the molecule is Cc1cnc(C(=O)N2CCCC[C@H](N(C)C)C2)[nH]1. The molecule has 0 saturated carbocycles. The van der Waals surface area contributed by atoms with Crippen LogP contribution in [0.2, 0.25) is 0 Å². The molecular formula is C13H22N4O. The number of H-pyrrole nitrogens is 1. The van der Waals surface area contributed by atoms with Gasteiger partial charge in [0.15, 0.2) is 5.82 Å². The Hall–Kier alpha value is -1.36. The van der Waals surface area contributed by atoms with E-state index in [1.807, 2.05) is 11.8 Å². The number of imidazole rings is 1. The minimum Gasteiger partial charge on any atom is -0.338 e. The molecule has 2 rings (SSSR count). The zero-order valence-electron chi connectivity index (χ0n) is 11.4. The van der Waals surface area contributed by atoms with Crippen LogP contribution >= 0.6 is 0 Å². The number of rotatable bonds is 2. The van der Waals surface area contributed by atoms with E-state index in [1.54, 1.807) is 6.20 Å². The Kier molecular flexibility index (Phi) is 4.01. The first-order valence-electron chi connectivity index (χ1n) is 6.55. The molecule has 5 heteroatoms. The number of carbonyl (C=O) groups excluding carboxylic acids is 1. The van der Waals surface area contributed by atoms with E-state index >= 15 is 0 Å². The molecule has 1 aromatic rings. The molecule has 0 aromatic carbocycles. The highest BCUT2D eigenvalue weighted by molar-refractivity contribution is 5.90. The molecule has 18 heavy (non-hydrogen) atoms. The lowest BCUT2D eigenvalue weighted by molar-refractivity contribution is 0.0714. The van der Waals surface area contributed by atoms with Crippen LogP contribution < -0.4 is 0 Å². The fourth-order valence-corrected chi connectivity index (χ4v) is 2.40. The highest BCUT2D eigenvalue weighted by atomic mass is 16.2. The third-order valence-corrected chi connectivity index (χ3v) is 3.57. The van der Waals surface area contributed by atoms with E-state index in [-0.39, 0.29) is 5.91 Å². The first-order chi connectivity index (χ1) is 8.58. The summed E-state index contributed by atoms with van der Waals surface area (Å²) in [5, 5.41) is 0. The molecule has 0 aliphatic carbocycles. The number of hydrogen-bond acceptors (Lipinski definition) is 3. The van der Waals surface area contributed by atoms with Gasteiger partial charge >= 0.3 is 0 Å². The Morgan fingerprint density at radius 3 is 2.89 bits per heavy atom. The van der Waals surface area contributed by atoms with E-state index in [0.29, 0.717) is 11.9 Å². The summed E-state index contributed by atoms with van der Waals surface area (Å²) in [4.78, 5) is 23.6.